The fourth-order valence-corrected chi connectivity index (χ4v) is 1.73. The van der Waals surface area contributed by atoms with Gasteiger partial charge < -0.3 is 20.1 Å². The van der Waals surface area contributed by atoms with Crippen LogP contribution < -0.4 is 5.73 Å². The van der Waals surface area contributed by atoms with Gasteiger partial charge in [-0.15, -0.1) is 0 Å². The predicted molar refractivity (Wildman–Crippen MR) is 61.2 cm³/mol. The number of amides is 1. The van der Waals surface area contributed by atoms with Crippen LogP contribution >= 0.6 is 0 Å². The molecule has 98 valence electrons. The van der Waals surface area contributed by atoms with Crippen molar-refractivity contribution in [2.75, 3.05) is 26.9 Å². The van der Waals surface area contributed by atoms with Crippen molar-refractivity contribution < 1.29 is 19.1 Å². The molecule has 0 aromatic heterocycles. The first kappa shape index (κ1) is 13.9. The Morgan fingerprint density at radius 3 is 2.59 bits per heavy atom. The Hall–Kier alpha value is -1.14. The van der Waals surface area contributed by atoms with E-state index in [-0.39, 0.29) is 25.1 Å². The lowest BCUT2D eigenvalue weighted by Gasteiger charge is -2.32. The van der Waals surface area contributed by atoms with E-state index in [1.54, 1.807) is 0 Å². The highest BCUT2D eigenvalue weighted by Gasteiger charge is 2.42. The molecule has 1 saturated heterocycles. The molecule has 0 aromatic rings. The minimum Gasteiger partial charge on any atom is -0.468 e. The van der Waals surface area contributed by atoms with Crippen LogP contribution in [-0.4, -0.2) is 55.2 Å². The topological polar surface area (TPSA) is 81.9 Å². The first-order valence-corrected chi connectivity index (χ1v) is 5.65. The van der Waals surface area contributed by atoms with Gasteiger partial charge in [-0.05, 0) is 20.3 Å². The molecule has 0 bridgehead atoms. The van der Waals surface area contributed by atoms with Crippen LogP contribution in [0.1, 0.15) is 20.3 Å². The third-order valence-electron chi connectivity index (χ3n) is 2.89. The van der Waals surface area contributed by atoms with E-state index in [2.05, 4.69) is 4.74 Å². The van der Waals surface area contributed by atoms with E-state index in [0.29, 0.717) is 13.0 Å². The second kappa shape index (κ2) is 5.46. The molecule has 1 aliphatic heterocycles. The molecule has 0 spiro atoms. The van der Waals surface area contributed by atoms with E-state index >= 15 is 0 Å². The van der Waals surface area contributed by atoms with Crippen molar-refractivity contribution >= 4 is 11.9 Å². The second-order valence-electron chi connectivity index (χ2n) is 4.56. The van der Waals surface area contributed by atoms with Gasteiger partial charge in [-0.25, -0.2) is 0 Å². The summed E-state index contributed by atoms with van der Waals surface area (Å²) in [5.41, 5.74) is 4.99. The number of ether oxygens (including phenoxy) is 2. The summed E-state index contributed by atoms with van der Waals surface area (Å²) in [4.78, 5) is 25.0. The maximum absolute atomic E-state index is 12.3. The Balaban J connectivity index is 2.76. The largest absolute Gasteiger partial charge is 0.468 e. The van der Waals surface area contributed by atoms with Crippen molar-refractivity contribution in [2.45, 2.75) is 31.8 Å². The molecule has 1 heterocycles. The zero-order valence-corrected chi connectivity index (χ0v) is 10.6. The SMILES string of the molecule is COC(=O)CN(C(=O)C1(N)CCOC1)C(C)C. The van der Waals surface area contributed by atoms with Gasteiger partial charge in [0.1, 0.15) is 12.1 Å². The summed E-state index contributed by atoms with van der Waals surface area (Å²) in [5.74, 6) is -0.704. The number of carbonyl (C=O) groups is 2. The summed E-state index contributed by atoms with van der Waals surface area (Å²) in [6.07, 6.45) is 0.482. The monoisotopic (exact) mass is 244 g/mol. The van der Waals surface area contributed by atoms with Crippen LogP contribution in [0, 0.1) is 0 Å². The predicted octanol–water partition coefficient (Wildman–Crippen LogP) is -0.486. The molecule has 1 atom stereocenters. The van der Waals surface area contributed by atoms with Gasteiger partial charge in [-0.1, -0.05) is 0 Å². The number of esters is 1. The van der Waals surface area contributed by atoms with E-state index in [0.717, 1.165) is 0 Å². The van der Waals surface area contributed by atoms with Gasteiger partial charge in [0.05, 0.1) is 13.7 Å². The van der Waals surface area contributed by atoms with Crippen LogP contribution in [0.15, 0.2) is 0 Å². The Morgan fingerprint density at radius 1 is 1.53 bits per heavy atom. The number of methoxy groups -OCH3 is 1. The Morgan fingerprint density at radius 2 is 2.18 bits per heavy atom. The normalized spacial score (nSPS) is 23.8. The standard InChI is InChI=1S/C11H20N2O4/c1-8(2)13(6-9(14)16-3)10(15)11(12)4-5-17-7-11/h8H,4-7,12H2,1-3H3. The third kappa shape index (κ3) is 3.17. The molecule has 2 N–H and O–H groups in total. The van der Waals surface area contributed by atoms with Gasteiger partial charge in [0.2, 0.25) is 5.91 Å². The number of nitrogens with two attached hydrogens (primary N) is 1. The minimum atomic E-state index is -1.00. The Bertz CT molecular complexity index is 298. The molecule has 6 heteroatoms. The fourth-order valence-electron chi connectivity index (χ4n) is 1.73. The minimum absolute atomic E-state index is 0.0774. The maximum atomic E-state index is 12.3. The number of hydrogen-bond acceptors (Lipinski definition) is 5. The van der Waals surface area contributed by atoms with Gasteiger partial charge in [0, 0.05) is 12.6 Å². The van der Waals surface area contributed by atoms with Gasteiger partial charge in [0.25, 0.3) is 0 Å². The number of rotatable bonds is 4. The second-order valence-corrected chi connectivity index (χ2v) is 4.56. The van der Waals surface area contributed by atoms with Gasteiger partial charge in [0.15, 0.2) is 0 Å². The summed E-state index contributed by atoms with van der Waals surface area (Å²) in [5, 5.41) is 0. The van der Waals surface area contributed by atoms with Crippen LogP contribution in [0.4, 0.5) is 0 Å². The van der Waals surface area contributed by atoms with Crippen molar-refractivity contribution in [2.24, 2.45) is 5.73 Å². The summed E-state index contributed by atoms with van der Waals surface area (Å²) in [6, 6.07) is -0.109. The van der Waals surface area contributed by atoms with Gasteiger partial charge in [-0.2, -0.15) is 0 Å². The highest BCUT2D eigenvalue weighted by atomic mass is 16.5. The average molecular weight is 244 g/mol. The molecule has 1 amide bonds. The number of hydrogen-bond donors (Lipinski definition) is 1. The molecule has 1 aliphatic rings. The van der Waals surface area contributed by atoms with Crippen LogP contribution in [0.2, 0.25) is 0 Å². The Kier molecular flexibility index (Phi) is 4.47. The zero-order chi connectivity index (χ0) is 13.1. The quantitative estimate of drug-likeness (QED) is 0.675. The van der Waals surface area contributed by atoms with Crippen molar-refractivity contribution in [3.8, 4) is 0 Å². The van der Waals surface area contributed by atoms with E-state index in [9.17, 15) is 9.59 Å². The highest BCUT2D eigenvalue weighted by Crippen LogP contribution is 2.19. The van der Waals surface area contributed by atoms with Crippen LogP contribution in [0.5, 0.6) is 0 Å². The molecule has 0 aromatic carbocycles. The van der Waals surface area contributed by atoms with Crippen molar-refractivity contribution in [3.05, 3.63) is 0 Å². The summed E-state index contributed by atoms with van der Waals surface area (Å²) in [7, 11) is 1.29. The molecular formula is C11H20N2O4. The van der Waals surface area contributed by atoms with E-state index in [1.807, 2.05) is 13.8 Å². The van der Waals surface area contributed by atoms with Crippen LogP contribution in [0.3, 0.4) is 0 Å². The lowest BCUT2D eigenvalue weighted by atomic mass is 9.97. The molecule has 1 fully saturated rings. The zero-order valence-electron chi connectivity index (χ0n) is 10.6. The lowest BCUT2D eigenvalue weighted by Crippen LogP contribution is -2.58. The maximum Gasteiger partial charge on any atom is 0.325 e. The summed E-state index contributed by atoms with van der Waals surface area (Å²) in [6.45, 7) is 4.27. The number of carbonyl (C=O) groups excluding carboxylic acids is 2. The van der Waals surface area contributed by atoms with E-state index < -0.39 is 11.5 Å². The number of nitrogens with zero attached hydrogens (tertiary/aromatic N) is 1. The third-order valence-corrected chi connectivity index (χ3v) is 2.89. The van der Waals surface area contributed by atoms with Crippen molar-refractivity contribution in [3.63, 3.8) is 0 Å². The molecular weight excluding hydrogens is 224 g/mol. The molecule has 0 saturated carbocycles. The van der Waals surface area contributed by atoms with E-state index in [1.165, 1.54) is 12.0 Å². The molecule has 0 radical (unpaired) electrons. The van der Waals surface area contributed by atoms with Crippen LogP contribution in [-0.2, 0) is 19.1 Å². The molecule has 17 heavy (non-hydrogen) atoms. The molecule has 1 unspecified atom stereocenters. The summed E-state index contributed by atoms with van der Waals surface area (Å²) < 4.78 is 9.73. The van der Waals surface area contributed by atoms with Crippen molar-refractivity contribution in [1.29, 1.82) is 0 Å². The highest BCUT2D eigenvalue weighted by molar-refractivity contribution is 5.89. The lowest BCUT2D eigenvalue weighted by molar-refractivity contribution is -0.150. The fraction of sp³-hybridized carbons (Fsp3) is 0.818. The van der Waals surface area contributed by atoms with E-state index in [4.69, 9.17) is 10.5 Å². The molecule has 0 aliphatic carbocycles. The van der Waals surface area contributed by atoms with Gasteiger partial charge in [-0.3, -0.25) is 9.59 Å². The first-order valence-electron chi connectivity index (χ1n) is 5.65. The van der Waals surface area contributed by atoms with Crippen molar-refractivity contribution in [1.82, 2.24) is 4.90 Å². The first-order chi connectivity index (χ1) is 7.90. The summed E-state index contributed by atoms with van der Waals surface area (Å²) >= 11 is 0. The average Bonchev–Trinajstić information content (AvgIpc) is 2.72. The smallest absolute Gasteiger partial charge is 0.325 e. The molecule has 1 rings (SSSR count). The molecule has 6 nitrogen and oxygen atoms in total. The van der Waals surface area contributed by atoms with Crippen LogP contribution in [0.25, 0.3) is 0 Å². The Labute approximate surface area is 101 Å². The van der Waals surface area contributed by atoms with Gasteiger partial charge >= 0.3 is 5.97 Å².